The lowest BCUT2D eigenvalue weighted by Gasteiger charge is -2.07. The molecule has 0 aliphatic carbocycles. The number of imide groups is 1. The maximum Gasteiger partial charge on any atom is 0.416 e. The largest absolute Gasteiger partial charge is 0.416 e. The fourth-order valence-electron chi connectivity index (χ4n) is 1.09. The number of alkyl halides is 3. The molecule has 0 saturated carbocycles. The zero-order chi connectivity index (χ0) is 13.9. The first kappa shape index (κ1) is 14.0. The predicted octanol–water partition coefficient (Wildman–Crippen LogP) is 2.54. The zero-order valence-corrected chi connectivity index (χ0v) is 9.47. The quantitative estimate of drug-likeness (QED) is 0.827. The Morgan fingerprint density at radius 3 is 2.06 bits per heavy atom. The lowest BCUT2D eigenvalue weighted by atomic mass is 10.1. The molecule has 0 unspecified atom stereocenters. The van der Waals surface area contributed by atoms with Gasteiger partial charge in [0.2, 0.25) is 0 Å². The Morgan fingerprint density at radius 2 is 1.67 bits per heavy atom. The highest BCUT2D eigenvalue weighted by atomic mass is 19.4. The summed E-state index contributed by atoms with van der Waals surface area (Å²) in [5, 5.41) is 2.00. The molecule has 0 saturated heterocycles. The Kier molecular flexibility index (Phi) is 3.90. The minimum Gasteiger partial charge on any atom is -0.288 e. The molecule has 0 aromatic heterocycles. The third-order valence-corrected chi connectivity index (χ3v) is 2.09. The predicted molar refractivity (Wildman–Crippen MR) is 58.7 cm³/mol. The van der Waals surface area contributed by atoms with Crippen LogP contribution in [0.3, 0.4) is 0 Å². The molecule has 2 amide bonds. The van der Waals surface area contributed by atoms with Crippen LogP contribution in [0, 0.1) is 0 Å². The number of amides is 2. The van der Waals surface area contributed by atoms with E-state index in [0.717, 1.165) is 24.3 Å². The lowest BCUT2D eigenvalue weighted by Crippen LogP contribution is -2.30. The molecule has 3 nitrogen and oxygen atoms in total. The van der Waals surface area contributed by atoms with E-state index in [2.05, 4.69) is 6.58 Å². The van der Waals surface area contributed by atoms with Crippen molar-refractivity contribution in [3.63, 3.8) is 0 Å². The molecule has 0 fully saturated rings. The summed E-state index contributed by atoms with van der Waals surface area (Å²) in [6.07, 6.45) is -4.46. The van der Waals surface area contributed by atoms with Crippen LogP contribution in [0.15, 0.2) is 36.4 Å². The summed E-state index contributed by atoms with van der Waals surface area (Å²) < 4.78 is 36.8. The number of nitrogens with one attached hydrogen (secondary N) is 1. The van der Waals surface area contributed by atoms with Gasteiger partial charge in [0.15, 0.2) is 0 Å². The van der Waals surface area contributed by atoms with E-state index in [4.69, 9.17) is 0 Å². The summed E-state index contributed by atoms with van der Waals surface area (Å²) in [6, 6.07) is 3.56. The first-order valence-corrected chi connectivity index (χ1v) is 4.90. The van der Waals surface area contributed by atoms with Crippen LogP contribution >= 0.6 is 0 Å². The number of hydrogen-bond donors (Lipinski definition) is 1. The number of benzene rings is 1. The SMILES string of the molecule is C=C(C)C(=O)NC(=O)c1ccc(C(F)(F)F)cc1. The van der Waals surface area contributed by atoms with E-state index in [9.17, 15) is 22.8 Å². The molecule has 18 heavy (non-hydrogen) atoms. The van der Waals surface area contributed by atoms with E-state index in [-0.39, 0.29) is 11.1 Å². The summed E-state index contributed by atoms with van der Waals surface area (Å²) in [4.78, 5) is 22.6. The van der Waals surface area contributed by atoms with Crippen molar-refractivity contribution in [3.05, 3.63) is 47.5 Å². The molecule has 96 valence electrons. The van der Waals surface area contributed by atoms with Gasteiger partial charge in [-0.25, -0.2) is 0 Å². The highest BCUT2D eigenvalue weighted by Gasteiger charge is 2.30. The second kappa shape index (κ2) is 5.03. The van der Waals surface area contributed by atoms with Crippen molar-refractivity contribution in [1.82, 2.24) is 5.32 Å². The summed E-state index contributed by atoms with van der Waals surface area (Å²) in [7, 11) is 0. The van der Waals surface area contributed by atoms with Gasteiger partial charge in [-0.1, -0.05) is 6.58 Å². The van der Waals surface area contributed by atoms with Crippen LogP contribution in [-0.4, -0.2) is 11.8 Å². The topological polar surface area (TPSA) is 46.2 Å². The van der Waals surface area contributed by atoms with Gasteiger partial charge in [0.1, 0.15) is 0 Å². The van der Waals surface area contributed by atoms with Gasteiger partial charge in [0, 0.05) is 11.1 Å². The van der Waals surface area contributed by atoms with Gasteiger partial charge in [-0.3, -0.25) is 14.9 Å². The molecule has 0 aliphatic rings. The molecule has 0 atom stereocenters. The van der Waals surface area contributed by atoms with Crippen molar-refractivity contribution in [3.8, 4) is 0 Å². The van der Waals surface area contributed by atoms with Gasteiger partial charge in [0.05, 0.1) is 5.56 Å². The molecule has 0 aliphatic heterocycles. The Morgan fingerprint density at radius 1 is 1.17 bits per heavy atom. The van der Waals surface area contributed by atoms with Crippen molar-refractivity contribution in [1.29, 1.82) is 0 Å². The van der Waals surface area contributed by atoms with Crippen LogP contribution in [0.25, 0.3) is 0 Å². The Bertz CT molecular complexity index is 489. The molecule has 1 aromatic carbocycles. The van der Waals surface area contributed by atoms with E-state index in [1.165, 1.54) is 6.92 Å². The van der Waals surface area contributed by atoms with Crippen LogP contribution in [0.1, 0.15) is 22.8 Å². The highest BCUT2D eigenvalue weighted by molar-refractivity contribution is 6.09. The van der Waals surface area contributed by atoms with E-state index in [0.29, 0.717) is 0 Å². The molecule has 0 heterocycles. The minimum atomic E-state index is -4.46. The van der Waals surface area contributed by atoms with Gasteiger partial charge < -0.3 is 0 Å². The standard InChI is InChI=1S/C12H10F3NO2/c1-7(2)10(17)16-11(18)8-3-5-9(6-4-8)12(13,14)15/h3-6H,1H2,2H3,(H,16,17,18). The Balaban J connectivity index is 2.83. The normalized spacial score (nSPS) is 10.9. The van der Waals surface area contributed by atoms with Crippen LogP contribution < -0.4 is 5.32 Å². The van der Waals surface area contributed by atoms with Gasteiger partial charge in [-0.2, -0.15) is 13.2 Å². The van der Waals surface area contributed by atoms with Gasteiger partial charge in [0.25, 0.3) is 11.8 Å². The second-order valence-electron chi connectivity index (χ2n) is 3.64. The molecule has 1 N–H and O–H groups in total. The van der Waals surface area contributed by atoms with Crippen molar-refractivity contribution in [2.45, 2.75) is 13.1 Å². The molecule has 0 radical (unpaired) electrons. The van der Waals surface area contributed by atoms with Crippen LogP contribution in [-0.2, 0) is 11.0 Å². The molecule has 1 aromatic rings. The molecule has 0 bridgehead atoms. The van der Waals surface area contributed by atoms with E-state index < -0.39 is 23.6 Å². The van der Waals surface area contributed by atoms with Crippen LogP contribution in [0.5, 0.6) is 0 Å². The number of carbonyl (C=O) groups is 2. The highest BCUT2D eigenvalue weighted by Crippen LogP contribution is 2.28. The number of carbonyl (C=O) groups excluding carboxylic acids is 2. The first-order valence-electron chi connectivity index (χ1n) is 4.90. The second-order valence-corrected chi connectivity index (χ2v) is 3.64. The fraction of sp³-hybridized carbons (Fsp3) is 0.167. The third-order valence-electron chi connectivity index (χ3n) is 2.09. The molecular formula is C12H10F3NO2. The lowest BCUT2D eigenvalue weighted by molar-refractivity contribution is -0.137. The summed E-state index contributed by atoms with van der Waals surface area (Å²) in [6.45, 7) is 4.75. The first-order chi connectivity index (χ1) is 8.21. The zero-order valence-electron chi connectivity index (χ0n) is 9.47. The molecule has 6 heteroatoms. The Hall–Kier alpha value is -2.11. The van der Waals surface area contributed by atoms with Crippen molar-refractivity contribution >= 4 is 11.8 Å². The maximum absolute atomic E-state index is 12.3. The van der Waals surface area contributed by atoms with E-state index in [1.54, 1.807) is 0 Å². The van der Waals surface area contributed by atoms with Gasteiger partial charge in [-0.15, -0.1) is 0 Å². The van der Waals surface area contributed by atoms with Crippen molar-refractivity contribution in [2.75, 3.05) is 0 Å². The fourth-order valence-corrected chi connectivity index (χ4v) is 1.09. The van der Waals surface area contributed by atoms with Gasteiger partial charge in [-0.05, 0) is 31.2 Å². The van der Waals surface area contributed by atoms with Crippen molar-refractivity contribution < 1.29 is 22.8 Å². The molecule has 0 spiro atoms. The number of halogens is 3. The summed E-state index contributed by atoms with van der Waals surface area (Å²) in [5.41, 5.74) is -0.752. The average Bonchev–Trinajstić information content (AvgIpc) is 2.27. The monoisotopic (exact) mass is 257 g/mol. The smallest absolute Gasteiger partial charge is 0.288 e. The molecular weight excluding hydrogens is 247 g/mol. The summed E-state index contributed by atoms with van der Waals surface area (Å²) >= 11 is 0. The number of hydrogen-bond acceptors (Lipinski definition) is 2. The Labute approximate surface area is 101 Å². The minimum absolute atomic E-state index is 0.0300. The average molecular weight is 257 g/mol. The van der Waals surface area contributed by atoms with Gasteiger partial charge >= 0.3 is 6.18 Å². The van der Waals surface area contributed by atoms with Crippen molar-refractivity contribution in [2.24, 2.45) is 0 Å². The maximum atomic E-state index is 12.3. The van der Waals surface area contributed by atoms with E-state index >= 15 is 0 Å². The van der Waals surface area contributed by atoms with E-state index in [1.807, 2.05) is 5.32 Å². The summed E-state index contributed by atoms with van der Waals surface area (Å²) in [5.74, 6) is -1.43. The van der Waals surface area contributed by atoms with Crippen LogP contribution in [0.2, 0.25) is 0 Å². The number of rotatable bonds is 2. The third kappa shape index (κ3) is 3.44. The van der Waals surface area contributed by atoms with Crippen LogP contribution in [0.4, 0.5) is 13.2 Å². The molecule has 1 rings (SSSR count).